The van der Waals surface area contributed by atoms with Crippen LogP contribution in [0, 0.1) is 0 Å². The highest BCUT2D eigenvalue weighted by atomic mass is 15.2. The Balaban J connectivity index is 1.62. The molecule has 4 nitrogen and oxygen atoms in total. The Kier molecular flexibility index (Phi) is 3.88. The van der Waals surface area contributed by atoms with Gasteiger partial charge in [-0.3, -0.25) is 0 Å². The minimum Gasteiger partial charge on any atom is -0.364 e. The predicted octanol–water partition coefficient (Wildman–Crippen LogP) is 4.17. The predicted molar refractivity (Wildman–Crippen MR) is 95.9 cm³/mol. The molecule has 1 aromatic carbocycles. The van der Waals surface area contributed by atoms with Gasteiger partial charge in [-0.15, -0.1) is 0 Å². The molecule has 0 spiro atoms. The molecule has 0 bridgehead atoms. The van der Waals surface area contributed by atoms with Crippen LogP contribution in [-0.4, -0.2) is 23.1 Å². The molecule has 0 radical (unpaired) electrons. The third kappa shape index (κ3) is 3.02. The molecule has 1 aliphatic rings. The molecule has 23 heavy (non-hydrogen) atoms. The number of H-pyrrole nitrogens is 1. The Labute approximate surface area is 136 Å². The van der Waals surface area contributed by atoms with E-state index in [2.05, 4.69) is 51.6 Å². The van der Waals surface area contributed by atoms with Crippen molar-refractivity contribution < 1.29 is 0 Å². The zero-order valence-electron chi connectivity index (χ0n) is 13.3. The van der Waals surface area contributed by atoms with Crippen molar-refractivity contribution in [3.8, 4) is 0 Å². The summed E-state index contributed by atoms with van der Waals surface area (Å²) in [6.45, 7) is 3.01. The summed E-state index contributed by atoms with van der Waals surface area (Å²) >= 11 is 0. The number of rotatable bonds is 4. The second kappa shape index (κ2) is 6.32. The van der Waals surface area contributed by atoms with Crippen molar-refractivity contribution in [1.82, 2.24) is 9.97 Å². The molecule has 4 heteroatoms. The summed E-state index contributed by atoms with van der Waals surface area (Å²) in [4.78, 5) is 10.6. The molecule has 3 aromatic rings. The number of hydrogen-bond acceptors (Lipinski definition) is 3. The van der Waals surface area contributed by atoms with Gasteiger partial charge in [-0.1, -0.05) is 30.3 Å². The van der Waals surface area contributed by atoms with Crippen molar-refractivity contribution in [1.29, 1.82) is 0 Å². The van der Waals surface area contributed by atoms with Crippen LogP contribution in [0.4, 0.5) is 11.6 Å². The molecule has 2 N–H and O–H groups in total. The van der Waals surface area contributed by atoms with E-state index in [0.29, 0.717) is 0 Å². The van der Waals surface area contributed by atoms with Crippen LogP contribution in [0.5, 0.6) is 0 Å². The molecule has 3 heterocycles. The first-order chi connectivity index (χ1) is 11.4. The summed E-state index contributed by atoms with van der Waals surface area (Å²) in [5.41, 5.74) is 2.35. The van der Waals surface area contributed by atoms with E-state index >= 15 is 0 Å². The van der Waals surface area contributed by atoms with E-state index < -0.39 is 0 Å². The second-order valence-corrected chi connectivity index (χ2v) is 6.16. The maximum absolute atomic E-state index is 4.90. The van der Waals surface area contributed by atoms with Crippen molar-refractivity contribution in [2.75, 3.05) is 23.3 Å². The molecule has 1 fully saturated rings. The SMILES string of the molecule is c1ccc(CNc2nc(N3CCCCC3)cc3cc[nH]c23)cc1. The normalized spacial score (nSPS) is 15.0. The van der Waals surface area contributed by atoms with Crippen LogP contribution in [0.2, 0.25) is 0 Å². The molecule has 1 aliphatic heterocycles. The molecule has 0 atom stereocenters. The summed E-state index contributed by atoms with van der Waals surface area (Å²) in [6, 6.07) is 14.8. The Morgan fingerprint density at radius 3 is 2.70 bits per heavy atom. The number of nitrogens with zero attached hydrogens (tertiary/aromatic N) is 2. The van der Waals surface area contributed by atoms with Gasteiger partial charge in [0.2, 0.25) is 0 Å². The first-order valence-corrected chi connectivity index (χ1v) is 8.41. The van der Waals surface area contributed by atoms with E-state index in [1.54, 1.807) is 0 Å². The summed E-state index contributed by atoms with van der Waals surface area (Å²) in [5.74, 6) is 2.03. The lowest BCUT2D eigenvalue weighted by Crippen LogP contribution is -2.30. The third-order valence-corrected chi connectivity index (χ3v) is 4.51. The van der Waals surface area contributed by atoms with Crippen molar-refractivity contribution in [2.45, 2.75) is 25.8 Å². The molecule has 2 aromatic heterocycles. The van der Waals surface area contributed by atoms with Gasteiger partial charge in [-0.25, -0.2) is 4.98 Å². The minimum atomic E-state index is 0.783. The fourth-order valence-corrected chi connectivity index (χ4v) is 3.24. The number of aromatic nitrogens is 2. The molecule has 0 aliphatic carbocycles. The van der Waals surface area contributed by atoms with E-state index in [1.165, 1.54) is 30.2 Å². The van der Waals surface area contributed by atoms with Crippen molar-refractivity contribution in [2.24, 2.45) is 0 Å². The van der Waals surface area contributed by atoms with Gasteiger partial charge in [-0.2, -0.15) is 0 Å². The Morgan fingerprint density at radius 2 is 1.87 bits per heavy atom. The number of anilines is 2. The van der Waals surface area contributed by atoms with Crippen LogP contribution in [0.1, 0.15) is 24.8 Å². The lowest BCUT2D eigenvalue weighted by atomic mass is 10.1. The molecule has 1 saturated heterocycles. The summed E-state index contributed by atoms with van der Waals surface area (Å²) in [5, 5.41) is 4.72. The first kappa shape index (κ1) is 14.1. The average molecular weight is 306 g/mol. The quantitative estimate of drug-likeness (QED) is 0.760. The zero-order chi connectivity index (χ0) is 15.5. The fraction of sp³-hybridized carbons (Fsp3) is 0.316. The van der Waals surface area contributed by atoms with Crippen molar-refractivity contribution >= 4 is 22.5 Å². The smallest absolute Gasteiger partial charge is 0.153 e. The van der Waals surface area contributed by atoms with Crippen LogP contribution in [0.3, 0.4) is 0 Å². The number of aromatic amines is 1. The Hall–Kier alpha value is -2.49. The largest absolute Gasteiger partial charge is 0.364 e. The van der Waals surface area contributed by atoms with E-state index in [-0.39, 0.29) is 0 Å². The third-order valence-electron chi connectivity index (χ3n) is 4.51. The Morgan fingerprint density at radius 1 is 1.04 bits per heavy atom. The minimum absolute atomic E-state index is 0.783. The second-order valence-electron chi connectivity index (χ2n) is 6.16. The maximum atomic E-state index is 4.90. The van der Waals surface area contributed by atoms with Crippen molar-refractivity contribution in [3.05, 3.63) is 54.2 Å². The van der Waals surface area contributed by atoms with Crippen LogP contribution in [0.15, 0.2) is 48.7 Å². The van der Waals surface area contributed by atoms with E-state index in [0.717, 1.165) is 36.8 Å². The van der Waals surface area contributed by atoms with Gasteiger partial charge in [-0.05, 0) is 37.0 Å². The summed E-state index contributed by atoms with van der Waals surface area (Å²) < 4.78 is 0. The molecular formula is C19H22N4. The topological polar surface area (TPSA) is 44.0 Å². The van der Waals surface area contributed by atoms with Gasteiger partial charge in [0, 0.05) is 31.2 Å². The number of hydrogen-bond donors (Lipinski definition) is 2. The average Bonchev–Trinajstić information content (AvgIpc) is 3.10. The van der Waals surface area contributed by atoms with Gasteiger partial charge in [0.15, 0.2) is 5.82 Å². The van der Waals surface area contributed by atoms with Crippen LogP contribution in [-0.2, 0) is 6.54 Å². The van der Waals surface area contributed by atoms with Gasteiger partial charge in [0.1, 0.15) is 5.82 Å². The molecule has 0 unspecified atom stereocenters. The van der Waals surface area contributed by atoms with Crippen molar-refractivity contribution in [3.63, 3.8) is 0 Å². The summed E-state index contributed by atoms with van der Waals surface area (Å²) in [6.07, 6.45) is 5.85. The molecule has 0 saturated carbocycles. The number of benzene rings is 1. The number of fused-ring (bicyclic) bond motifs is 1. The number of pyridine rings is 1. The van der Waals surface area contributed by atoms with Gasteiger partial charge in [0.25, 0.3) is 0 Å². The fourth-order valence-electron chi connectivity index (χ4n) is 3.24. The highest BCUT2D eigenvalue weighted by Gasteiger charge is 2.15. The van der Waals surface area contributed by atoms with Crippen LogP contribution >= 0.6 is 0 Å². The number of piperidine rings is 1. The first-order valence-electron chi connectivity index (χ1n) is 8.41. The standard InChI is InChI=1S/C19H22N4/c1-3-7-15(8-4-1)14-21-19-18-16(9-10-20-18)13-17(22-19)23-11-5-2-6-12-23/h1,3-4,7-10,13,20H,2,5-6,11-12,14H2,(H,21,22). The molecule has 0 amide bonds. The van der Waals surface area contributed by atoms with E-state index in [4.69, 9.17) is 4.98 Å². The summed E-state index contributed by atoms with van der Waals surface area (Å²) in [7, 11) is 0. The monoisotopic (exact) mass is 306 g/mol. The molecule has 118 valence electrons. The van der Waals surface area contributed by atoms with E-state index in [1.807, 2.05) is 12.3 Å². The van der Waals surface area contributed by atoms with Crippen LogP contribution in [0.25, 0.3) is 10.9 Å². The highest BCUT2D eigenvalue weighted by molar-refractivity contribution is 5.91. The highest BCUT2D eigenvalue weighted by Crippen LogP contribution is 2.27. The zero-order valence-corrected chi connectivity index (χ0v) is 13.3. The lowest BCUT2D eigenvalue weighted by Gasteiger charge is -2.28. The van der Waals surface area contributed by atoms with E-state index in [9.17, 15) is 0 Å². The van der Waals surface area contributed by atoms with Gasteiger partial charge < -0.3 is 15.2 Å². The van der Waals surface area contributed by atoms with Gasteiger partial charge >= 0.3 is 0 Å². The molecule has 4 rings (SSSR count). The molecular weight excluding hydrogens is 284 g/mol. The van der Waals surface area contributed by atoms with Gasteiger partial charge in [0.05, 0.1) is 5.52 Å². The maximum Gasteiger partial charge on any atom is 0.153 e. The Bertz CT molecular complexity index is 772. The lowest BCUT2D eigenvalue weighted by molar-refractivity contribution is 0.574. The van der Waals surface area contributed by atoms with Crippen LogP contribution < -0.4 is 10.2 Å². The number of nitrogens with one attached hydrogen (secondary N) is 2.